The lowest BCUT2D eigenvalue weighted by Gasteiger charge is -2.39. The van der Waals surface area contributed by atoms with Gasteiger partial charge in [-0.25, -0.2) is 0 Å². The van der Waals surface area contributed by atoms with Gasteiger partial charge in [-0.3, -0.25) is 18.6 Å². The molecule has 2 atom stereocenters. The molecule has 0 unspecified atom stereocenters. The van der Waals surface area contributed by atoms with Crippen molar-refractivity contribution in [1.29, 1.82) is 0 Å². The van der Waals surface area contributed by atoms with E-state index in [-0.39, 0.29) is 36.5 Å². The van der Waals surface area contributed by atoms with Gasteiger partial charge in [-0.15, -0.1) is 10.2 Å². The number of aromatic nitrogens is 4. The van der Waals surface area contributed by atoms with E-state index in [1.807, 2.05) is 38.1 Å². The molecule has 5 rings (SSSR count). The summed E-state index contributed by atoms with van der Waals surface area (Å²) in [7, 11) is 0. The maximum absolute atomic E-state index is 13.0. The van der Waals surface area contributed by atoms with E-state index >= 15 is 0 Å². The normalized spacial score (nSPS) is 21.9. The molecule has 9 heteroatoms. The number of nitrogens with zero attached hydrogens (tertiary/aromatic N) is 5. The molecule has 0 spiro atoms. The second-order valence-corrected chi connectivity index (χ2v) is 10.8. The van der Waals surface area contributed by atoms with Gasteiger partial charge < -0.3 is 10.2 Å². The van der Waals surface area contributed by atoms with Gasteiger partial charge in [-0.2, -0.15) is 0 Å². The number of amides is 2. The van der Waals surface area contributed by atoms with Crippen molar-refractivity contribution in [2.45, 2.75) is 95.0 Å². The first-order valence-corrected chi connectivity index (χ1v) is 13.6. The van der Waals surface area contributed by atoms with Crippen LogP contribution in [0.4, 0.5) is 0 Å². The largest absolute Gasteiger partial charge is 0.352 e. The molecule has 3 heterocycles. The van der Waals surface area contributed by atoms with Gasteiger partial charge >= 0.3 is 0 Å². The number of benzene rings is 1. The first-order chi connectivity index (χ1) is 16.5. The zero-order valence-corrected chi connectivity index (χ0v) is 20.9. The average Bonchev–Trinajstić information content (AvgIpc) is 3.37. The fourth-order valence-corrected chi connectivity index (χ4v) is 6.47. The number of hydrogen-bond acceptors (Lipinski definition) is 5. The summed E-state index contributed by atoms with van der Waals surface area (Å²) in [6.07, 6.45) is 9.04. The highest BCUT2D eigenvalue weighted by molar-refractivity contribution is 7.99. The molecule has 2 amide bonds. The van der Waals surface area contributed by atoms with E-state index in [9.17, 15) is 9.59 Å². The summed E-state index contributed by atoms with van der Waals surface area (Å²) >= 11 is 1.42. The van der Waals surface area contributed by atoms with Crippen LogP contribution in [0.15, 0.2) is 29.4 Å². The third-order valence-corrected chi connectivity index (χ3v) is 8.26. The van der Waals surface area contributed by atoms with Gasteiger partial charge in [0.15, 0.2) is 5.16 Å². The van der Waals surface area contributed by atoms with E-state index in [1.165, 1.54) is 37.4 Å². The maximum atomic E-state index is 13.0. The third-order valence-electron chi connectivity index (χ3n) is 7.35. The van der Waals surface area contributed by atoms with Crippen LogP contribution in [-0.2, 0) is 16.1 Å². The molecular formula is C25H34N6O2S. The molecule has 2 aromatic heterocycles. The molecule has 1 aromatic carbocycles. The van der Waals surface area contributed by atoms with Crippen molar-refractivity contribution >= 4 is 40.4 Å². The molecule has 8 nitrogen and oxygen atoms in total. The van der Waals surface area contributed by atoms with Gasteiger partial charge in [-0.05, 0) is 58.1 Å². The van der Waals surface area contributed by atoms with Crippen molar-refractivity contribution in [3.8, 4) is 0 Å². The molecule has 3 aromatic rings. The lowest BCUT2D eigenvalue weighted by molar-refractivity contribution is -0.134. The number of imidazole rings is 1. The molecule has 2 aliphatic rings. The van der Waals surface area contributed by atoms with Gasteiger partial charge in [0.05, 0.1) is 16.8 Å². The van der Waals surface area contributed by atoms with Crippen LogP contribution in [-0.4, -0.2) is 59.8 Å². The second kappa shape index (κ2) is 9.98. The molecular weight excluding hydrogens is 448 g/mol. The average molecular weight is 483 g/mol. The highest BCUT2D eigenvalue weighted by Gasteiger charge is 2.29. The summed E-state index contributed by atoms with van der Waals surface area (Å²) in [4.78, 5) is 28.0. The Kier molecular flexibility index (Phi) is 6.81. The number of piperidine rings is 1. The summed E-state index contributed by atoms with van der Waals surface area (Å²) < 4.78 is 3.91. The van der Waals surface area contributed by atoms with Crippen molar-refractivity contribution in [1.82, 2.24) is 29.4 Å². The molecule has 2 fully saturated rings. The Hall–Kier alpha value is -2.55. The summed E-state index contributed by atoms with van der Waals surface area (Å²) in [5, 5.41) is 12.7. The van der Waals surface area contributed by atoms with Crippen molar-refractivity contribution in [2.24, 2.45) is 0 Å². The van der Waals surface area contributed by atoms with Crippen LogP contribution < -0.4 is 5.32 Å². The summed E-state index contributed by atoms with van der Waals surface area (Å²) in [6, 6.07) is 8.80. The summed E-state index contributed by atoms with van der Waals surface area (Å²) in [6.45, 7) is 4.48. The van der Waals surface area contributed by atoms with Crippen LogP contribution in [0.25, 0.3) is 16.8 Å². The summed E-state index contributed by atoms with van der Waals surface area (Å²) in [5.41, 5.74) is 1.89. The van der Waals surface area contributed by atoms with Crippen LogP contribution in [0, 0.1) is 0 Å². The number of carbonyl (C=O) groups excluding carboxylic acids is 2. The van der Waals surface area contributed by atoms with E-state index in [1.54, 1.807) is 0 Å². The quantitative estimate of drug-likeness (QED) is 0.537. The fourth-order valence-electron chi connectivity index (χ4n) is 5.66. The second-order valence-electron chi connectivity index (χ2n) is 9.81. The minimum Gasteiger partial charge on any atom is -0.352 e. The van der Waals surface area contributed by atoms with Crippen LogP contribution in [0.3, 0.4) is 0 Å². The topological polar surface area (TPSA) is 84.5 Å². The molecule has 1 aliphatic carbocycles. The minimum absolute atomic E-state index is 0.00982. The number of fused-ring (bicyclic) bond motifs is 3. The predicted octanol–water partition coefficient (Wildman–Crippen LogP) is 4.01. The third kappa shape index (κ3) is 4.54. The van der Waals surface area contributed by atoms with Gasteiger partial charge in [0, 0.05) is 18.1 Å². The Morgan fingerprint density at radius 1 is 0.971 bits per heavy atom. The van der Waals surface area contributed by atoms with Crippen molar-refractivity contribution < 1.29 is 9.59 Å². The van der Waals surface area contributed by atoms with E-state index in [4.69, 9.17) is 0 Å². The lowest BCUT2D eigenvalue weighted by Crippen LogP contribution is -2.48. The number of likely N-dealkylation sites (tertiary alicyclic amines) is 1. The van der Waals surface area contributed by atoms with E-state index in [0.717, 1.165) is 36.7 Å². The zero-order valence-electron chi connectivity index (χ0n) is 20.1. The van der Waals surface area contributed by atoms with Gasteiger partial charge in [-0.1, -0.05) is 43.2 Å². The SMILES string of the molecule is C[C@@H]1CCC[C@@H](C)N1C(=O)CSc1nnc2n(CC(=O)NC3CCCCC3)c3ccccc3n12. The molecule has 1 aliphatic heterocycles. The Labute approximate surface area is 204 Å². The van der Waals surface area contributed by atoms with Crippen LogP contribution >= 0.6 is 11.8 Å². The number of rotatable bonds is 6. The Bertz CT molecular complexity index is 1170. The lowest BCUT2D eigenvalue weighted by atomic mass is 9.95. The molecule has 1 saturated heterocycles. The van der Waals surface area contributed by atoms with E-state index in [0.29, 0.717) is 16.7 Å². The molecule has 0 radical (unpaired) electrons. The predicted molar refractivity (Wildman–Crippen MR) is 134 cm³/mol. The number of para-hydroxylation sites is 2. The smallest absolute Gasteiger partial charge is 0.240 e. The van der Waals surface area contributed by atoms with Gasteiger partial charge in [0.1, 0.15) is 6.54 Å². The highest BCUT2D eigenvalue weighted by Crippen LogP contribution is 2.28. The number of carbonyl (C=O) groups is 2. The number of thioether (sulfide) groups is 1. The number of hydrogen-bond donors (Lipinski definition) is 1. The standard InChI is InChI=1S/C25H34N6O2S/c1-17-9-8-10-18(2)30(17)23(33)16-34-25-28-27-24-29(20-13-6-7-14-21(20)31(24)25)15-22(32)26-19-11-4-3-5-12-19/h6-7,13-14,17-19H,3-5,8-12,15-16H2,1-2H3,(H,26,32)/t17-,18-/m1/s1. The van der Waals surface area contributed by atoms with Gasteiger partial charge in [0.25, 0.3) is 0 Å². The van der Waals surface area contributed by atoms with Crippen LogP contribution in [0.5, 0.6) is 0 Å². The number of nitrogens with one attached hydrogen (secondary N) is 1. The first-order valence-electron chi connectivity index (χ1n) is 12.6. The van der Waals surface area contributed by atoms with Crippen LogP contribution in [0.1, 0.15) is 65.2 Å². The Balaban J connectivity index is 1.36. The highest BCUT2D eigenvalue weighted by atomic mass is 32.2. The van der Waals surface area contributed by atoms with Crippen LogP contribution in [0.2, 0.25) is 0 Å². The Morgan fingerprint density at radius 3 is 2.41 bits per heavy atom. The van der Waals surface area contributed by atoms with Gasteiger partial charge in [0.2, 0.25) is 17.6 Å². The molecule has 34 heavy (non-hydrogen) atoms. The molecule has 182 valence electrons. The van der Waals surface area contributed by atoms with E-state index < -0.39 is 0 Å². The first kappa shape index (κ1) is 23.2. The minimum atomic E-state index is 0.00982. The maximum Gasteiger partial charge on any atom is 0.240 e. The summed E-state index contributed by atoms with van der Waals surface area (Å²) in [5.74, 6) is 1.12. The molecule has 0 bridgehead atoms. The monoisotopic (exact) mass is 482 g/mol. The molecule has 1 N–H and O–H groups in total. The van der Waals surface area contributed by atoms with Crippen molar-refractivity contribution in [3.63, 3.8) is 0 Å². The Morgan fingerprint density at radius 2 is 1.68 bits per heavy atom. The molecule has 1 saturated carbocycles. The zero-order chi connectivity index (χ0) is 23.7. The van der Waals surface area contributed by atoms with Crippen molar-refractivity contribution in [3.05, 3.63) is 24.3 Å². The van der Waals surface area contributed by atoms with E-state index in [2.05, 4.69) is 29.4 Å². The fraction of sp³-hybridized carbons (Fsp3) is 0.600. The van der Waals surface area contributed by atoms with Crippen molar-refractivity contribution in [2.75, 3.05) is 5.75 Å².